The van der Waals surface area contributed by atoms with E-state index in [9.17, 15) is 15.2 Å². The van der Waals surface area contributed by atoms with Crippen LogP contribution in [0.4, 0.5) is 5.69 Å². The minimum atomic E-state index is -1.15. The molecule has 0 atom stereocenters. The summed E-state index contributed by atoms with van der Waals surface area (Å²) in [4.78, 5) is 10.2. The summed E-state index contributed by atoms with van der Waals surface area (Å²) >= 11 is 5.99. The molecule has 0 radical (unpaired) electrons. The number of nitro benzene ring substituents is 1. The maximum absolute atomic E-state index is 10.7. The van der Waals surface area contributed by atoms with E-state index in [-0.39, 0.29) is 5.69 Å². The molecule has 2 aromatic rings. The minimum Gasteiger partial charge on any atom is -0.384 e. The molecule has 0 amide bonds. The van der Waals surface area contributed by atoms with E-state index in [1.165, 1.54) is 29.1 Å². The number of benzene rings is 1. The van der Waals surface area contributed by atoms with Crippen molar-refractivity contribution in [3.63, 3.8) is 0 Å². The van der Waals surface area contributed by atoms with Crippen LogP contribution in [0.5, 0.6) is 0 Å². The Bertz CT molecular complexity index is 633. The molecule has 1 aromatic carbocycles. The second-order valence-electron chi connectivity index (χ2n) is 4.50. The first kappa shape index (κ1) is 13.4. The Hall–Kier alpha value is -1.99. The van der Waals surface area contributed by atoms with Crippen LogP contribution in [0.1, 0.15) is 19.5 Å². The number of hydrogen-bond donors (Lipinski definition) is 1. The highest BCUT2D eigenvalue weighted by atomic mass is 35.5. The molecule has 0 aliphatic carbocycles. The maximum Gasteiger partial charge on any atom is 0.271 e. The van der Waals surface area contributed by atoms with Gasteiger partial charge < -0.3 is 5.11 Å². The summed E-state index contributed by atoms with van der Waals surface area (Å²) < 4.78 is 1.29. The summed E-state index contributed by atoms with van der Waals surface area (Å²) in [5.74, 6) is 0. The van der Waals surface area contributed by atoms with Gasteiger partial charge in [0.25, 0.3) is 5.69 Å². The second-order valence-corrected chi connectivity index (χ2v) is 4.91. The van der Waals surface area contributed by atoms with Crippen LogP contribution >= 0.6 is 11.6 Å². The molecule has 0 saturated heterocycles. The van der Waals surface area contributed by atoms with Crippen molar-refractivity contribution in [1.82, 2.24) is 15.0 Å². The number of aromatic nitrogens is 3. The van der Waals surface area contributed by atoms with E-state index in [1.807, 2.05) is 0 Å². The summed E-state index contributed by atoms with van der Waals surface area (Å²) in [6.45, 7) is 3.13. The van der Waals surface area contributed by atoms with Crippen molar-refractivity contribution in [2.24, 2.45) is 0 Å². The fraction of sp³-hybridized carbons (Fsp3) is 0.273. The van der Waals surface area contributed by atoms with Crippen LogP contribution in [0.15, 0.2) is 24.4 Å². The average Bonchev–Trinajstić information content (AvgIpc) is 2.78. The number of halogens is 1. The zero-order valence-electron chi connectivity index (χ0n) is 10.2. The predicted octanol–water partition coefficient (Wildman–Crippen LogP) is 2.06. The summed E-state index contributed by atoms with van der Waals surface area (Å²) in [6, 6.07) is 4.02. The summed E-state index contributed by atoms with van der Waals surface area (Å²) in [7, 11) is 0. The van der Waals surface area contributed by atoms with E-state index in [1.54, 1.807) is 13.8 Å². The van der Waals surface area contributed by atoms with Crippen molar-refractivity contribution < 1.29 is 10.0 Å². The van der Waals surface area contributed by atoms with Crippen molar-refractivity contribution in [2.75, 3.05) is 0 Å². The van der Waals surface area contributed by atoms with Gasteiger partial charge in [-0.1, -0.05) is 16.8 Å². The normalized spacial score (nSPS) is 11.6. The van der Waals surface area contributed by atoms with Gasteiger partial charge in [0.15, 0.2) is 0 Å². The quantitative estimate of drug-likeness (QED) is 0.687. The van der Waals surface area contributed by atoms with E-state index in [4.69, 9.17) is 11.6 Å². The minimum absolute atomic E-state index is 0.0975. The summed E-state index contributed by atoms with van der Waals surface area (Å²) in [5, 5.41) is 28.5. The molecule has 0 aliphatic rings. The van der Waals surface area contributed by atoms with Crippen molar-refractivity contribution in [3.05, 3.63) is 45.2 Å². The van der Waals surface area contributed by atoms with Crippen molar-refractivity contribution >= 4 is 17.3 Å². The first-order chi connectivity index (χ1) is 8.79. The molecule has 0 unspecified atom stereocenters. The fourth-order valence-corrected chi connectivity index (χ4v) is 1.66. The molecule has 0 fully saturated rings. The zero-order chi connectivity index (χ0) is 14.2. The topological polar surface area (TPSA) is 94.1 Å². The number of hydrogen-bond acceptors (Lipinski definition) is 5. The predicted molar refractivity (Wildman–Crippen MR) is 68.3 cm³/mol. The van der Waals surface area contributed by atoms with Crippen molar-refractivity contribution in [1.29, 1.82) is 0 Å². The first-order valence-electron chi connectivity index (χ1n) is 5.38. The Morgan fingerprint density at radius 3 is 2.68 bits per heavy atom. The van der Waals surface area contributed by atoms with Crippen molar-refractivity contribution in [2.45, 2.75) is 19.4 Å². The lowest BCUT2D eigenvalue weighted by molar-refractivity contribution is -0.384. The van der Waals surface area contributed by atoms with Crippen LogP contribution in [-0.2, 0) is 5.60 Å². The standard InChI is InChI=1S/C11H11ClN4O3/c1-11(2,17)10-6-15(14-13-10)9-5-7(16(18)19)3-4-8(9)12/h3-6,17H,1-2H3. The lowest BCUT2D eigenvalue weighted by Crippen LogP contribution is -2.15. The monoisotopic (exact) mass is 282 g/mol. The lowest BCUT2D eigenvalue weighted by Gasteiger charge is -2.11. The van der Waals surface area contributed by atoms with Gasteiger partial charge in [-0.05, 0) is 19.9 Å². The lowest BCUT2D eigenvalue weighted by atomic mass is 10.1. The fourth-order valence-electron chi connectivity index (χ4n) is 1.45. The van der Waals surface area contributed by atoms with Gasteiger partial charge in [0.2, 0.25) is 0 Å². The smallest absolute Gasteiger partial charge is 0.271 e. The number of nitrogens with zero attached hydrogens (tertiary/aromatic N) is 4. The number of aliphatic hydroxyl groups is 1. The van der Waals surface area contributed by atoms with Gasteiger partial charge in [-0.3, -0.25) is 10.1 Å². The van der Waals surface area contributed by atoms with Gasteiger partial charge in [-0.15, -0.1) is 5.10 Å². The largest absolute Gasteiger partial charge is 0.384 e. The molecule has 1 N–H and O–H groups in total. The molecule has 8 heteroatoms. The Labute approximate surface area is 113 Å². The number of non-ortho nitro benzene ring substituents is 1. The van der Waals surface area contributed by atoms with Gasteiger partial charge in [0.1, 0.15) is 11.3 Å². The van der Waals surface area contributed by atoms with Gasteiger partial charge >= 0.3 is 0 Å². The average molecular weight is 283 g/mol. The van der Waals surface area contributed by atoms with Crippen molar-refractivity contribution in [3.8, 4) is 5.69 Å². The molecule has 0 spiro atoms. The maximum atomic E-state index is 10.7. The van der Waals surface area contributed by atoms with E-state index < -0.39 is 10.5 Å². The van der Waals surface area contributed by atoms with Crippen LogP contribution in [-0.4, -0.2) is 25.0 Å². The van der Waals surface area contributed by atoms with Crippen LogP contribution < -0.4 is 0 Å². The highest BCUT2D eigenvalue weighted by molar-refractivity contribution is 6.32. The molecule has 0 bridgehead atoms. The molecule has 2 rings (SSSR count). The van der Waals surface area contributed by atoms with E-state index in [2.05, 4.69) is 10.3 Å². The molecule has 1 aromatic heterocycles. The van der Waals surface area contributed by atoms with Crippen LogP contribution in [0.2, 0.25) is 5.02 Å². The summed E-state index contributed by atoms with van der Waals surface area (Å²) in [5.41, 5.74) is -0.570. The van der Waals surface area contributed by atoms with Gasteiger partial charge in [0, 0.05) is 12.1 Å². The molecule has 100 valence electrons. The molecule has 19 heavy (non-hydrogen) atoms. The molecule has 1 heterocycles. The van der Waals surface area contributed by atoms with E-state index in [0.29, 0.717) is 16.4 Å². The number of rotatable bonds is 3. The highest BCUT2D eigenvalue weighted by Crippen LogP contribution is 2.26. The molecular weight excluding hydrogens is 272 g/mol. The van der Waals surface area contributed by atoms with E-state index >= 15 is 0 Å². The Balaban J connectivity index is 2.49. The summed E-state index contributed by atoms with van der Waals surface area (Å²) in [6.07, 6.45) is 1.48. The SMILES string of the molecule is CC(C)(O)c1cn(-c2cc([N+](=O)[O-])ccc2Cl)nn1. The molecule has 7 nitrogen and oxygen atoms in total. The van der Waals surface area contributed by atoms with Crippen LogP contribution in [0.3, 0.4) is 0 Å². The Morgan fingerprint density at radius 2 is 2.16 bits per heavy atom. The third-order valence-corrected chi connectivity index (χ3v) is 2.83. The van der Waals surface area contributed by atoms with Gasteiger partial charge in [-0.25, -0.2) is 4.68 Å². The highest BCUT2D eigenvalue weighted by Gasteiger charge is 2.21. The number of nitro groups is 1. The molecule has 0 aliphatic heterocycles. The first-order valence-corrected chi connectivity index (χ1v) is 5.76. The molecule has 0 saturated carbocycles. The third kappa shape index (κ3) is 2.72. The van der Waals surface area contributed by atoms with Gasteiger partial charge in [0.05, 0.1) is 21.8 Å². The second kappa shape index (κ2) is 4.60. The van der Waals surface area contributed by atoms with E-state index in [0.717, 1.165) is 0 Å². The zero-order valence-corrected chi connectivity index (χ0v) is 11.0. The Kier molecular flexibility index (Phi) is 3.25. The van der Waals surface area contributed by atoms with Crippen LogP contribution in [0, 0.1) is 10.1 Å². The van der Waals surface area contributed by atoms with Gasteiger partial charge in [-0.2, -0.15) is 0 Å². The molecular formula is C11H11ClN4O3. The van der Waals surface area contributed by atoms with Crippen LogP contribution in [0.25, 0.3) is 5.69 Å². The third-order valence-electron chi connectivity index (χ3n) is 2.51. The Morgan fingerprint density at radius 1 is 1.47 bits per heavy atom.